The molecule has 0 fully saturated rings. The highest BCUT2D eigenvalue weighted by atomic mass is 16.4. The van der Waals surface area contributed by atoms with E-state index in [0.717, 1.165) is 6.92 Å². The molecule has 0 radical (unpaired) electrons. The van der Waals surface area contributed by atoms with E-state index >= 15 is 0 Å². The molecule has 0 aromatic carbocycles. The highest BCUT2D eigenvalue weighted by Gasteiger charge is 1.81. The molecule has 0 rings (SSSR count). The van der Waals surface area contributed by atoms with Crippen LogP contribution >= 0.6 is 0 Å². The highest BCUT2D eigenvalue weighted by Crippen LogP contribution is 1.67. The molecular formula is C7H8O3. The number of aliphatic carboxylic acids is 1. The Morgan fingerprint density at radius 3 is 1.70 bits per heavy atom. The SMILES string of the molecule is C#CC(O)C#C.CC(=O)O. The lowest BCUT2D eigenvalue weighted by Crippen LogP contribution is -1.94. The Hall–Kier alpha value is -1.45. The molecule has 0 aromatic rings. The number of carbonyl (C=O) groups is 1. The average molecular weight is 140 g/mol. The minimum Gasteiger partial charge on any atom is -0.481 e. The van der Waals surface area contributed by atoms with Crippen LogP contribution in [-0.4, -0.2) is 22.3 Å². The summed E-state index contributed by atoms with van der Waals surface area (Å²) in [5.74, 6) is 3.03. The van der Waals surface area contributed by atoms with Crippen molar-refractivity contribution in [3.05, 3.63) is 0 Å². The van der Waals surface area contributed by atoms with Gasteiger partial charge in [0.05, 0.1) is 0 Å². The minimum absolute atomic E-state index is 0.833. The summed E-state index contributed by atoms with van der Waals surface area (Å²) in [6, 6.07) is 0. The number of hydrogen-bond donors (Lipinski definition) is 2. The summed E-state index contributed by atoms with van der Waals surface area (Å²) >= 11 is 0. The van der Waals surface area contributed by atoms with Crippen molar-refractivity contribution >= 4 is 5.97 Å². The first-order valence-electron chi connectivity index (χ1n) is 2.34. The van der Waals surface area contributed by atoms with Gasteiger partial charge in [-0.25, -0.2) is 0 Å². The molecule has 0 amide bonds. The van der Waals surface area contributed by atoms with Crippen LogP contribution in [0.1, 0.15) is 6.92 Å². The normalized spacial score (nSPS) is 6.50. The fraction of sp³-hybridized carbons (Fsp3) is 0.286. The Morgan fingerprint density at radius 1 is 1.50 bits per heavy atom. The second kappa shape index (κ2) is 7.55. The summed E-state index contributed by atoms with van der Waals surface area (Å²) in [4.78, 5) is 9.00. The van der Waals surface area contributed by atoms with Crippen molar-refractivity contribution in [2.24, 2.45) is 0 Å². The van der Waals surface area contributed by atoms with E-state index in [-0.39, 0.29) is 0 Å². The summed E-state index contributed by atoms with van der Waals surface area (Å²) in [5.41, 5.74) is 0. The van der Waals surface area contributed by atoms with Gasteiger partial charge in [-0.15, -0.1) is 12.8 Å². The summed E-state index contributed by atoms with van der Waals surface area (Å²) in [7, 11) is 0. The number of carboxylic acids is 1. The van der Waals surface area contributed by atoms with Crippen molar-refractivity contribution in [1.29, 1.82) is 0 Å². The highest BCUT2D eigenvalue weighted by molar-refractivity contribution is 5.62. The van der Waals surface area contributed by atoms with Crippen molar-refractivity contribution in [2.75, 3.05) is 0 Å². The predicted octanol–water partition coefficient (Wildman–Crippen LogP) is -0.295. The minimum atomic E-state index is -1.01. The lowest BCUT2D eigenvalue weighted by Gasteiger charge is -1.81. The van der Waals surface area contributed by atoms with E-state index in [1.807, 2.05) is 11.8 Å². The molecule has 0 spiro atoms. The maximum absolute atomic E-state index is 9.00. The molecule has 0 atom stereocenters. The standard InChI is InChI=1S/C5H4O.C2H4O2/c1-3-5(6)4-2;1-2(3)4/h1-2,5-6H;1H3,(H,3,4). The van der Waals surface area contributed by atoms with E-state index in [2.05, 4.69) is 12.8 Å². The zero-order chi connectivity index (χ0) is 8.57. The van der Waals surface area contributed by atoms with Crippen molar-refractivity contribution in [3.63, 3.8) is 0 Å². The third-order valence-electron chi connectivity index (χ3n) is 0.316. The number of terminal acetylenes is 2. The smallest absolute Gasteiger partial charge is 0.300 e. The third kappa shape index (κ3) is 31.0. The Balaban J connectivity index is 0. The molecule has 0 aromatic heterocycles. The number of aliphatic hydroxyl groups excluding tert-OH is 1. The molecule has 0 bridgehead atoms. The quantitative estimate of drug-likeness (QED) is 0.454. The first kappa shape index (κ1) is 11.4. The topological polar surface area (TPSA) is 57.5 Å². The van der Waals surface area contributed by atoms with Crippen LogP contribution in [0.15, 0.2) is 0 Å². The molecule has 0 aliphatic heterocycles. The fourth-order valence-corrected chi connectivity index (χ4v) is 0.0481. The van der Waals surface area contributed by atoms with Crippen LogP contribution in [0.5, 0.6) is 0 Å². The first-order chi connectivity index (χ1) is 4.54. The Kier molecular flexibility index (Phi) is 8.58. The molecule has 0 unspecified atom stereocenters. The van der Waals surface area contributed by atoms with Gasteiger partial charge in [0, 0.05) is 6.92 Å². The number of aliphatic hydroxyl groups is 1. The third-order valence-corrected chi connectivity index (χ3v) is 0.316. The van der Waals surface area contributed by atoms with Crippen LogP contribution in [0.2, 0.25) is 0 Å². The Morgan fingerprint density at radius 2 is 1.70 bits per heavy atom. The van der Waals surface area contributed by atoms with Gasteiger partial charge in [0.1, 0.15) is 0 Å². The van der Waals surface area contributed by atoms with Gasteiger partial charge in [0.15, 0.2) is 6.10 Å². The molecule has 0 saturated heterocycles. The van der Waals surface area contributed by atoms with E-state index in [4.69, 9.17) is 15.0 Å². The largest absolute Gasteiger partial charge is 0.481 e. The molecular weight excluding hydrogens is 132 g/mol. The molecule has 0 heterocycles. The number of rotatable bonds is 0. The molecule has 10 heavy (non-hydrogen) atoms. The second-order valence-corrected chi connectivity index (χ2v) is 1.25. The van der Waals surface area contributed by atoms with Gasteiger partial charge >= 0.3 is 0 Å². The zero-order valence-corrected chi connectivity index (χ0v) is 5.53. The lowest BCUT2D eigenvalue weighted by molar-refractivity contribution is -0.134. The van der Waals surface area contributed by atoms with Gasteiger partial charge < -0.3 is 10.2 Å². The molecule has 54 valence electrons. The zero-order valence-electron chi connectivity index (χ0n) is 5.53. The van der Waals surface area contributed by atoms with Crippen LogP contribution in [0.3, 0.4) is 0 Å². The van der Waals surface area contributed by atoms with Gasteiger partial charge in [-0.2, -0.15) is 0 Å². The molecule has 0 saturated carbocycles. The van der Waals surface area contributed by atoms with Crippen LogP contribution in [0.25, 0.3) is 0 Å². The fourth-order valence-electron chi connectivity index (χ4n) is 0.0481. The van der Waals surface area contributed by atoms with Crippen molar-refractivity contribution in [3.8, 4) is 24.7 Å². The van der Waals surface area contributed by atoms with E-state index in [0.29, 0.717) is 0 Å². The maximum Gasteiger partial charge on any atom is 0.300 e. The van der Waals surface area contributed by atoms with Crippen LogP contribution < -0.4 is 0 Å². The van der Waals surface area contributed by atoms with Gasteiger partial charge in [-0.05, 0) is 0 Å². The van der Waals surface area contributed by atoms with E-state index in [9.17, 15) is 0 Å². The van der Waals surface area contributed by atoms with E-state index in [1.54, 1.807) is 0 Å². The Bertz CT molecular complexity index is 152. The maximum atomic E-state index is 9.00. The molecule has 0 aliphatic carbocycles. The molecule has 3 heteroatoms. The predicted molar refractivity (Wildman–Crippen MR) is 37.0 cm³/mol. The Labute approximate surface area is 59.7 Å². The lowest BCUT2D eigenvalue weighted by atomic mass is 10.4. The molecule has 0 aliphatic rings. The van der Waals surface area contributed by atoms with Gasteiger partial charge in [0.2, 0.25) is 0 Å². The van der Waals surface area contributed by atoms with Crippen molar-refractivity contribution < 1.29 is 15.0 Å². The van der Waals surface area contributed by atoms with Crippen LogP contribution in [0.4, 0.5) is 0 Å². The van der Waals surface area contributed by atoms with E-state index < -0.39 is 12.1 Å². The van der Waals surface area contributed by atoms with E-state index in [1.165, 1.54) is 0 Å². The van der Waals surface area contributed by atoms with Gasteiger partial charge in [-0.3, -0.25) is 4.79 Å². The summed E-state index contributed by atoms with van der Waals surface area (Å²) in [6.45, 7) is 1.08. The summed E-state index contributed by atoms with van der Waals surface area (Å²) in [5, 5.41) is 15.6. The first-order valence-corrected chi connectivity index (χ1v) is 2.34. The van der Waals surface area contributed by atoms with Crippen LogP contribution in [-0.2, 0) is 4.79 Å². The van der Waals surface area contributed by atoms with Crippen molar-refractivity contribution in [2.45, 2.75) is 13.0 Å². The summed E-state index contributed by atoms with van der Waals surface area (Å²) in [6.07, 6.45) is 8.27. The molecule has 2 N–H and O–H groups in total. The number of carboxylic acid groups (broad SMARTS) is 1. The molecule has 3 nitrogen and oxygen atoms in total. The van der Waals surface area contributed by atoms with Gasteiger partial charge in [-0.1, -0.05) is 11.8 Å². The van der Waals surface area contributed by atoms with Gasteiger partial charge in [0.25, 0.3) is 5.97 Å². The van der Waals surface area contributed by atoms with Crippen LogP contribution in [0, 0.1) is 24.7 Å². The van der Waals surface area contributed by atoms with Crippen molar-refractivity contribution in [1.82, 2.24) is 0 Å². The second-order valence-electron chi connectivity index (χ2n) is 1.25. The number of hydrogen-bond acceptors (Lipinski definition) is 2. The summed E-state index contributed by atoms with van der Waals surface area (Å²) < 4.78 is 0. The monoisotopic (exact) mass is 140 g/mol. The average Bonchev–Trinajstić information content (AvgIpc) is 1.85.